The second kappa shape index (κ2) is 12.7. The number of piperidine rings is 1. The number of likely N-dealkylation sites (tertiary alicyclic amines) is 1. The molecule has 0 atom stereocenters. The van der Waals surface area contributed by atoms with E-state index >= 15 is 0 Å². The number of hydrogen-bond donors (Lipinski definition) is 0. The largest absolute Gasteiger partial charge is 0.359 e. The highest BCUT2D eigenvalue weighted by molar-refractivity contribution is 5.71. The lowest BCUT2D eigenvalue weighted by Gasteiger charge is -2.37. The van der Waals surface area contributed by atoms with Gasteiger partial charge in [-0.05, 0) is 69.2 Å². The van der Waals surface area contributed by atoms with Crippen molar-refractivity contribution in [1.29, 1.82) is 5.26 Å². The molecule has 1 aliphatic heterocycles. The summed E-state index contributed by atoms with van der Waals surface area (Å²) in [5.74, 6) is 0.875. The molecule has 5 rings (SSSR count). The monoisotopic (exact) mass is 516 g/mol. The molecule has 0 saturated carbocycles. The molecule has 1 aromatic heterocycles. The Labute approximate surface area is 232 Å². The standard InChI is InChI=1S/C34H36N4O/c1-37(21-8-22-38-23-19-34(27-35,20-24-38)31-11-6-3-7-12-31)26-32-25-33(36-39-32)30-17-15-29(16-18-30)14-13-28-9-4-2-5-10-28/h2-7,9-18,25H,8,19-24,26H2,1H3. The summed E-state index contributed by atoms with van der Waals surface area (Å²) >= 11 is 0. The van der Waals surface area contributed by atoms with Crippen LogP contribution in [0.15, 0.2) is 95.5 Å². The zero-order valence-corrected chi connectivity index (χ0v) is 22.7. The molecule has 0 unspecified atom stereocenters. The van der Waals surface area contributed by atoms with Crippen LogP contribution in [0.5, 0.6) is 0 Å². The van der Waals surface area contributed by atoms with E-state index in [0.29, 0.717) is 0 Å². The highest BCUT2D eigenvalue weighted by Crippen LogP contribution is 2.34. The second-order valence-corrected chi connectivity index (χ2v) is 10.5. The van der Waals surface area contributed by atoms with Gasteiger partial charge in [0, 0.05) is 11.6 Å². The van der Waals surface area contributed by atoms with Crippen LogP contribution in [0.2, 0.25) is 0 Å². The number of aromatic nitrogens is 1. The van der Waals surface area contributed by atoms with Gasteiger partial charge in [0.05, 0.1) is 18.0 Å². The minimum absolute atomic E-state index is 0.336. The molecular weight excluding hydrogens is 480 g/mol. The molecule has 0 bridgehead atoms. The Bertz CT molecular complexity index is 1380. The van der Waals surface area contributed by atoms with Gasteiger partial charge >= 0.3 is 0 Å². The van der Waals surface area contributed by atoms with E-state index in [1.54, 1.807) is 0 Å². The molecule has 1 fully saturated rings. The molecule has 1 aliphatic rings. The highest BCUT2D eigenvalue weighted by Gasteiger charge is 2.36. The van der Waals surface area contributed by atoms with Gasteiger partial charge in [-0.1, -0.05) is 102 Å². The molecule has 0 aliphatic carbocycles. The zero-order chi connectivity index (χ0) is 26.9. The minimum atomic E-state index is -0.336. The molecule has 0 N–H and O–H groups in total. The van der Waals surface area contributed by atoms with E-state index in [9.17, 15) is 5.26 Å². The lowest BCUT2D eigenvalue weighted by molar-refractivity contribution is 0.174. The Hall–Kier alpha value is -3.98. The van der Waals surface area contributed by atoms with Crippen LogP contribution in [-0.2, 0) is 12.0 Å². The number of benzene rings is 3. The first-order valence-corrected chi connectivity index (χ1v) is 13.8. The predicted octanol–water partition coefficient (Wildman–Crippen LogP) is 6.89. The van der Waals surface area contributed by atoms with E-state index in [1.807, 2.05) is 42.5 Å². The third-order valence-corrected chi connectivity index (χ3v) is 7.72. The summed E-state index contributed by atoms with van der Waals surface area (Å²) in [6, 6.07) is 33.7. The third-order valence-electron chi connectivity index (χ3n) is 7.72. The van der Waals surface area contributed by atoms with Gasteiger partial charge in [-0.25, -0.2) is 0 Å². The molecule has 39 heavy (non-hydrogen) atoms. The highest BCUT2D eigenvalue weighted by atomic mass is 16.5. The molecule has 5 nitrogen and oxygen atoms in total. The maximum atomic E-state index is 9.93. The Balaban J connectivity index is 1.06. The fraction of sp³-hybridized carbons (Fsp3) is 0.294. The van der Waals surface area contributed by atoms with Gasteiger partial charge in [-0.3, -0.25) is 4.90 Å². The lowest BCUT2D eigenvalue weighted by Crippen LogP contribution is -2.42. The van der Waals surface area contributed by atoms with E-state index in [2.05, 4.69) is 88.8 Å². The Morgan fingerprint density at radius 1 is 0.923 bits per heavy atom. The van der Waals surface area contributed by atoms with Gasteiger partial charge in [-0.2, -0.15) is 5.26 Å². The Kier molecular flexibility index (Phi) is 8.68. The molecule has 4 aromatic rings. The predicted molar refractivity (Wildman–Crippen MR) is 158 cm³/mol. The van der Waals surface area contributed by atoms with Crippen molar-refractivity contribution in [2.24, 2.45) is 0 Å². The second-order valence-electron chi connectivity index (χ2n) is 10.5. The number of nitriles is 1. The number of rotatable bonds is 10. The number of nitrogens with zero attached hydrogens (tertiary/aromatic N) is 4. The van der Waals surface area contributed by atoms with Crippen LogP contribution in [0.3, 0.4) is 0 Å². The van der Waals surface area contributed by atoms with Crippen LogP contribution in [0, 0.1) is 11.3 Å². The van der Waals surface area contributed by atoms with E-state index in [-0.39, 0.29) is 5.41 Å². The molecule has 0 radical (unpaired) electrons. The van der Waals surface area contributed by atoms with Crippen LogP contribution in [0.1, 0.15) is 41.7 Å². The van der Waals surface area contributed by atoms with Gasteiger partial charge < -0.3 is 9.42 Å². The van der Waals surface area contributed by atoms with Crippen LogP contribution in [0.25, 0.3) is 23.4 Å². The van der Waals surface area contributed by atoms with Crippen molar-refractivity contribution in [3.05, 3.63) is 113 Å². The Morgan fingerprint density at radius 2 is 1.56 bits per heavy atom. The average molecular weight is 517 g/mol. The van der Waals surface area contributed by atoms with Crippen molar-refractivity contribution in [2.75, 3.05) is 33.2 Å². The topological polar surface area (TPSA) is 56.3 Å². The SMILES string of the molecule is CN(CCCN1CCC(C#N)(c2ccccc2)CC1)Cc1cc(-c2ccc(C=Cc3ccccc3)cc2)no1. The van der Waals surface area contributed by atoms with E-state index in [1.165, 1.54) is 5.56 Å². The number of hydrogen-bond acceptors (Lipinski definition) is 5. The first-order valence-electron chi connectivity index (χ1n) is 13.8. The van der Waals surface area contributed by atoms with E-state index < -0.39 is 0 Å². The maximum absolute atomic E-state index is 9.93. The van der Waals surface area contributed by atoms with Gasteiger partial charge in [0.2, 0.25) is 0 Å². The van der Waals surface area contributed by atoms with Crippen molar-refractivity contribution in [2.45, 2.75) is 31.2 Å². The summed E-state index contributed by atoms with van der Waals surface area (Å²) in [4.78, 5) is 4.78. The smallest absolute Gasteiger partial charge is 0.151 e. The molecule has 3 aromatic carbocycles. The zero-order valence-electron chi connectivity index (χ0n) is 22.7. The van der Waals surface area contributed by atoms with Crippen molar-refractivity contribution in [3.8, 4) is 17.3 Å². The van der Waals surface area contributed by atoms with Gasteiger partial charge in [0.25, 0.3) is 0 Å². The molecule has 5 heteroatoms. The van der Waals surface area contributed by atoms with E-state index in [0.717, 1.165) is 80.1 Å². The fourth-order valence-electron chi connectivity index (χ4n) is 5.34. The molecule has 1 saturated heterocycles. The molecule has 0 amide bonds. The summed E-state index contributed by atoms with van der Waals surface area (Å²) in [7, 11) is 2.13. The summed E-state index contributed by atoms with van der Waals surface area (Å²) in [5.41, 5.74) is 5.08. The maximum Gasteiger partial charge on any atom is 0.151 e. The minimum Gasteiger partial charge on any atom is -0.359 e. The summed E-state index contributed by atoms with van der Waals surface area (Å²) < 4.78 is 5.65. The summed E-state index contributed by atoms with van der Waals surface area (Å²) in [6.45, 7) is 4.71. The van der Waals surface area contributed by atoms with E-state index in [4.69, 9.17) is 4.52 Å². The van der Waals surface area contributed by atoms with Gasteiger partial charge in [-0.15, -0.1) is 0 Å². The van der Waals surface area contributed by atoms with Crippen molar-refractivity contribution < 1.29 is 4.52 Å². The Morgan fingerprint density at radius 3 is 2.23 bits per heavy atom. The van der Waals surface area contributed by atoms with Crippen LogP contribution >= 0.6 is 0 Å². The molecule has 198 valence electrons. The first-order chi connectivity index (χ1) is 19.1. The van der Waals surface area contributed by atoms with Crippen molar-refractivity contribution in [1.82, 2.24) is 15.0 Å². The average Bonchev–Trinajstić information content (AvgIpc) is 3.46. The van der Waals surface area contributed by atoms with Crippen molar-refractivity contribution in [3.63, 3.8) is 0 Å². The normalized spacial score (nSPS) is 15.5. The quantitative estimate of drug-likeness (QED) is 0.215. The third kappa shape index (κ3) is 6.92. The molecule has 0 spiro atoms. The summed E-state index contributed by atoms with van der Waals surface area (Å²) in [5, 5.41) is 14.2. The van der Waals surface area contributed by atoms with Crippen molar-refractivity contribution >= 4 is 12.2 Å². The first kappa shape index (κ1) is 26.6. The lowest BCUT2D eigenvalue weighted by atomic mass is 9.74. The molecular formula is C34H36N4O. The fourth-order valence-corrected chi connectivity index (χ4v) is 5.34. The van der Waals surface area contributed by atoms with Gasteiger partial charge in [0.15, 0.2) is 5.76 Å². The molecule has 2 heterocycles. The summed E-state index contributed by atoms with van der Waals surface area (Å²) in [6.07, 6.45) is 7.12. The van der Waals surface area contributed by atoms with Crippen LogP contribution in [0.4, 0.5) is 0 Å². The van der Waals surface area contributed by atoms with Gasteiger partial charge in [0.1, 0.15) is 5.69 Å². The van der Waals surface area contributed by atoms with Crippen LogP contribution < -0.4 is 0 Å². The van der Waals surface area contributed by atoms with Crippen LogP contribution in [-0.4, -0.2) is 48.2 Å².